The number of amides is 1. The highest BCUT2D eigenvalue weighted by molar-refractivity contribution is 6.01. The van der Waals surface area contributed by atoms with Crippen LogP contribution in [-0.2, 0) is 4.79 Å². The summed E-state index contributed by atoms with van der Waals surface area (Å²) in [5.74, 6) is -0.339. The number of ketones is 1. The molecule has 1 aromatic carbocycles. The van der Waals surface area contributed by atoms with Gasteiger partial charge in [-0.25, -0.2) is 4.98 Å². The van der Waals surface area contributed by atoms with Crippen molar-refractivity contribution in [1.82, 2.24) is 19.9 Å². The van der Waals surface area contributed by atoms with Gasteiger partial charge in [0.2, 0.25) is 5.91 Å². The maximum absolute atomic E-state index is 13.2. The minimum absolute atomic E-state index is 0. The van der Waals surface area contributed by atoms with Crippen molar-refractivity contribution in [3.8, 4) is 0 Å². The van der Waals surface area contributed by atoms with Crippen molar-refractivity contribution in [1.29, 1.82) is 0 Å². The van der Waals surface area contributed by atoms with Crippen LogP contribution in [0.25, 0.3) is 11.0 Å². The summed E-state index contributed by atoms with van der Waals surface area (Å²) in [6, 6.07) is 9.43. The van der Waals surface area contributed by atoms with Crippen LogP contribution in [0, 0.1) is 11.8 Å². The van der Waals surface area contributed by atoms with Crippen LogP contribution in [0.1, 0.15) is 29.6 Å². The van der Waals surface area contributed by atoms with Crippen molar-refractivity contribution < 1.29 is 9.59 Å². The Kier molecular flexibility index (Phi) is 7.94. The SMILES string of the molecule is Cl.Cl.NC1C(C(=O)c2ccc3nc[nH]c3c2)CCN1C(=O)C1CCN(c2ccncc2)CC1. The topological polar surface area (TPSA) is 108 Å². The molecule has 0 bridgehead atoms. The Hall–Kier alpha value is -2.68. The van der Waals surface area contributed by atoms with Crippen LogP contribution in [0.3, 0.4) is 0 Å². The van der Waals surface area contributed by atoms with Gasteiger partial charge in [0.15, 0.2) is 5.78 Å². The molecule has 8 nitrogen and oxygen atoms in total. The van der Waals surface area contributed by atoms with Crippen LogP contribution < -0.4 is 10.6 Å². The van der Waals surface area contributed by atoms with Gasteiger partial charge in [-0.05, 0) is 49.6 Å². The number of nitrogens with one attached hydrogen (secondary N) is 1. The largest absolute Gasteiger partial charge is 0.371 e. The molecular weight excluding hydrogens is 463 g/mol. The molecule has 2 atom stereocenters. The monoisotopic (exact) mass is 490 g/mol. The average Bonchev–Trinajstić information content (AvgIpc) is 3.44. The fourth-order valence-corrected chi connectivity index (χ4v) is 4.84. The Labute approximate surface area is 204 Å². The van der Waals surface area contributed by atoms with Crippen molar-refractivity contribution in [3.63, 3.8) is 0 Å². The molecule has 176 valence electrons. The molecule has 2 unspecified atom stereocenters. The summed E-state index contributed by atoms with van der Waals surface area (Å²) in [5, 5.41) is 0. The van der Waals surface area contributed by atoms with Gasteiger partial charge in [-0.3, -0.25) is 14.6 Å². The fraction of sp³-hybridized carbons (Fsp3) is 0.391. The lowest BCUT2D eigenvalue weighted by Crippen LogP contribution is -2.49. The van der Waals surface area contributed by atoms with E-state index in [1.807, 2.05) is 24.3 Å². The highest BCUT2D eigenvalue weighted by Crippen LogP contribution is 2.30. The number of imidazole rings is 1. The van der Waals surface area contributed by atoms with Gasteiger partial charge in [-0.15, -0.1) is 24.8 Å². The number of rotatable bonds is 4. The fourth-order valence-electron chi connectivity index (χ4n) is 4.84. The van der Waals surface area contributed by atoms with Gasteiger partial charge < -0.3 is 20.5 Å². The molecule has 2 fully saturated rings. The number of benzene rings is 1. The summed E-state index contributed by atoms with van der Waals surface area (Å²) in [5.41, 5.74) is 9.82. The summed E-state index contributed by atoms with van der Waals surface area (Å²) in [6.45, 7) is 2.19. The number of fused-ring (bicyclic) bond motifs is 1. The number of pyridine rings is 1. The van der Waals surface area contributed by atoms with E-state index in [-0.39, 0.29) is 48.3 Å². The van der Waals surface area contributed by atoms with Gasteiger partial charge in [-0.1, -0.05) is 0 Å². The van der Waals surface area contributed by atoms with Gasteiger partial charge in [0.05, 0.1) is 29.4 Å². The van der Waals surface area contributed by atoms with Crippen molar-refractivity contribution in [2.45, 2.75) is 25.4 Å². The zero-order valence-electron chi connectivity index (χ0n) is 18.1. The van der Waals surface area contributed by atoms with Crippen LogP contribution >= 0.6 is 24.8 Å². The average molecular weight is 491 g/mol. The normalized spacial score (nSPS) is 20.9. The second-order valence-corrected chi connectivity index (χ2v) is 8.38. The lowest BCUT2D eigenvalue weighted by atomic mass is 9.93. The molecule has 0 aliphatic carbocycles. The molecule has 4 heterocycles. The number of halogens is 2. The number of carbonyl (C=O) groups is 2. The zero-order valence-corrected chi connectivity index (χ0v) is 19.7. The number of H-pyrrole nitrogens is 1. The Balaban J connectivity index is 0.00000153. The van der Waals surface area contributed by atoms with Gasteiger partial charge in [-0.2, -0.15) is 0 Å². The number of nitrogens with two attached hydrogens (primary N) is 1. The van der Waals surface area contributed by atoms with E-state index in [1.54, 1.807) is 29.7 Å². The molecule has 0 radical (unpaired) electrons. The first kappa shape index (κ1) is 25.0. The third-order valence-electron chi connectivity index (χ3n) is 6.65. The molecule has 1 amide bonds. The second-order valence-electron chi connectivity index (χ2n) is 8.38. The van der Waals surface area contributed by atoms with E-state index >= 15 is 0 Å². The quantitative estimate of drug-likeness (QED) is 0.544. The third-order valence-corrected chi connectivity index (χ3v) is 6.65. The maximum atomic E-state index is 13.2. The molecule has 5 rings (SSSR count). The van der Waals surface area contributed by atoms with Crippen molar-refractivity contribution >= 4 is 53.2 Å². The highest BCUT2D eigenvalue weighted by Gasteiger charge is 2.41. The number of likely N-dealkylation sites (tertiary alicyclic amines) is 1. The van der Waals surface area contributed by atoms with Gasteiger partial charge >= 0.3 is 0 Å². The standard InChI is InChI=1S/C23H26N6O2.2ClH/c24-22-18(21(30)16-1-2-19-20(13-16)27-14-26-19)7-12-29(22)23(31)15-5-10-28(11-6-15)17-3-8-25-9-4-17;;/h1-4,8-9,13-15,18,22H,5-7,10-12,24H2,(H,26,27);2*1H. The molecule has 2 aliphatic rings. The van der Waals surface area contributed by atoms with Crippen molar-refractivity contribution in [3.05, 3.63) is 54.6 Å². The second kappa shape index (κ2) is 10.5. The molecule has 3 N–H and O–H groups in total. The molecule has 2 saturated heterocycles. The predicted octanol–water partition coefficient (Wildman–Crippen LogP) is 3.03. The first-order valence-electron chi connectivity index (χ1n) is 10.8. The molecule has 0 spiro atoms. The number of nitrogens with zero attached hydrogens (tertiary/aromatic N) is 4. The summed E-state index contributed by atoms with van der Waals surface area (Å²) < 4.78 is 0. The first-order valence-corrected chi connectivity index (χ1v) is 10.8. The first-order chi connectivity index (χ1) is 15.1. The van der Waals surface area contributed by atoms with Crippen LogP contribution in [-0.4, -0.2) is 57.3 Å². The number of Topliss-reactive ketones (excluding diaryl/α,β-unsaturated/α-hetero) is 1. The third kappa shape index (κ3) is 4.83. The Morgan fingerprint density at radius 3 is 2.45 bits per heavy atom. The predicted molar refractivity (Wildman–Crippen MR) is 132 cm³/mol. The van der Waals surface area contributed by atoms with Crippen LogP contribution in [0.2, 0.25) is 0 Å². The molecular formula is C23H28Cl2N6O2. The minimum atomic E-state index is -0.573. The Morgan fingerprint density at radius 1 is 1.00 bits per heavy atom. The summed E-state index contributed by atoms with van der Waals surface area (Å²) in [6.07, 6.45) is 6.80. The molecule has 3 aromatic rings. The maximum Gasteiger partial charge on any atom is 0.227 e. The Morgan fingerprint density at radius 2 is 1.73 bits per heavy atom. The summed E-state index contributed by atoms with van der Waals surface area (Å²) in [7, 11) is 0. The number of aromatic nitrogens is 3. The van der Waals surface area contributed by atoms with E-state index in [9.17, 15) is 9.59 Å². The highest BCUT2D eigenvalue weighted by atomic mass is 35.5. The number of carbonyl (C=O) groups excluding carboxylic acids is 2. The number of piperidine rings is 1. The lowest BCUT2D eigenvalue weighted by Gasteiger charge is -2.35. The Bertz CT molecular complexity index is 1100. The number of aromatic amines is 1. The van der Waals surface area contributed by atoms with E-state index in [2.05, 4.69) is 19.9 Å². The van der Waals surface area contributed by atoms with E-state index in [0.717, 1.165) is 42.7 Å². The van der Waals surface area contributed by atoms with E-state index in [4.69, 9.17) is 5.73 Å². The van der Waals surface area contributed by atoms with Gasteiger partial charge in [0, 0.05) is 49.2 Å². The molecule has 2 aliphatic heterocycles. The number of anilines is 1. The zero-order chi connectivity index (χ0) is 21.4. The summed E-state index contributed by atoms with van der Waals surface area (Å²) >= 11 is 0. The van der Waals surface area contributed by atoms with Crippen LogP contribution in [0.5, 0.6) is 0 Å². The molecule has 33 heavy (non-hydrogen) atoms. The smallest absolute Gasteiger partial charge is 0.227 e. The lowest BCUT2D eigenvalue weighted by molar-refractivity contribution is -0.137. The van der Waals surface area contributed by atoms with Crippen molar-refractivity contribution in [2.75, 3.05) is 24.5 Å². The molecule has 2 aromatic heterocycles. The van der Waals surface area contributed by atoms with E-state index in [1.165, 1.54) is 0 Å². The van der Waals surface area contributed by atoms with Gasteiger partial charge in [0.1, 0.15) is 0 Å². The molecule has 10 heteroatoms. The van der Waals surface area contributed by atoms with E-state index in [0.29, 0.717) is 18.5 Å². The van der Waals surface area contributed by atoms with Crippen molar-refractivity contribution in [2.24, 2.45) is 17.6 Å². The summed E-state index contributed by atoms with van der Waals surface area (Å²) in [4.78, 5) is 41.6. The van der Waals surface area contributed by atoms with Crippen LogP contribution in [0.15, 0.2) is 49.1 Å². The van der Waals surface area contributed by atoms with E-state index < -0.39 is 6.17 Å². The number of hydrogen-bond acceptors (Lipinski definition) is 6. The minimum Gasteiger partial charge on any atom is -0.371 e. The number of hydrogen-bond donors (Lipinski definition) is 2. The van der Waals surface area contributed by atoms with Crippen LogP contribution in [0.4, 0.5) is 5.69 Å². The molecule has 0 saturated carbocycles. The van der Waals surface area contributed by atoms with Gasteiger partial charge in [0.25, 0.3) is 0 Å².